The van der Waals surface area contributed by atoms with Crippen LogP contribution < -0.4 is 0 Å². The maximum absolute atomic E-state index is 9.03. The summed E-state index contributed by atoms with van der Waals surface area (Å²) in [5.74, 6) is 0. The number of hydrogen-bond donors (Lipinski definition) is 0. The van der Waals surface area contributed by atoms with Gasteiger partial charge in [0, 0.05) is 11.7 Å². The zero-order valence-corrected chi connectivity index (χ0v) is 9.95. The minimum Gasteiger partial charge on any atom is -0.334 e. The van der Waals surface area contributed by atoms with E-state index in [0.717, 1.165) is 18.5 Å². The highest BCUT2D eigenvalue weighted by molar-refractivity contribution is 5.28. The van der Waals surface area contributed by atoms with E-state index in [1.54, 1.807) is 0 Å². The van der Waals surface area contributed by atoms with E-state index in [0.29, 0.717) is 6.04 Å². The maximum atomic E-state index is 9.03. The van der Waals surface area contributed by atoms with Crippen molar-refractivity contribution in [1.82, 2.24) is 4.57 Å². The third-order valence-electron chi connectivity index (χ3n) is 2.94. The summed E-state index contributed by atoms with van der Waals surface area (Å²) in [6.45, 7) is 6.54. The molecule has 0 aliphatic carbocycles. The van der Waals surface area contributed by atoms with Gasteiger partial charge in [-0.2, -0.15) is 5.26 Å². The molecule has 0 amide bonds. The van der Waals surface area contributed by atoms with Gasteiger partial charge in [-0.15, -0.1) is 0 Å². The number of unbranched alkanes of at least 4 members (excludes halogenated alkanes) is 1. The monoisotopic (exact) mass is 204 g/mol. The second-order valence-corrected chi connectivity index (χ2v) is 4.05. The van der Waals surface area contributed by atoms with Gasteiger partial charge in [0.2, 0.25) is 0 Å². The van der Waals surface area contributed by atoms with Crippen LogP contribution in [0.15, 0.2) is 12.1 Å². The summed E-state index contributed by atoms with van der Waals surface area (Å²) < 4.78 is 2.19. The summed E-state index contributed by atoms with van der Waals surface area (Å²) in [6.07, 6.45) is 4.56. The van der Waals surface area contributed by atoms with Gasteiger partial charge in [-0.3, -0.25) is 0 Å². The minimum atomic E-state index is 0.432. The predicted octanol–water partition coefficient (Wildman–Crippen LogP) is 3.67. The van der Waals surface area contributed by atoms with Crippen LogP contribution in [-0.4, -0.2) is 4.57 Å². The number of rotatable bonds is 5. The van der Waals surface area contributed by atoms with Crippen molar-refractivity contribution in [3.63, 3.8) is 0 Å². The molecule has 82 valence electrons. The number of aryl methyl sites for hydroxylation is 1. The highest BCUT2D eigenvalue weighted by atomic mass is 15.0. The Morgan fingerprint density at radius 1 is 1.40 bits per heavy atom. The average Bonchev–Trinajstić information content (AvgIpc) is 2.68. The molecule has 0 fully saturated rings. The second-order valence-electron chi connectivity index (χ2n) is 4.05. The molecular weight excluding hydrogens is 184 g/mol. The van der Waals surface area contributed by atoms with E-state index in [9.17, 15) is 0 Å². The largest absolute Gasteiger partial charge is 0.334 e. The maximum Gasteiger partial charge on any atom is 0.120 e. The van der Waals surface area contributed by atoms with Gasteiger partial charge in [0.05, 0.1) is 0 Å². The van der Waals surface area contributed by atoms with Gasteiger partial charge < -0.3 is 4.57 Å². The van der Waals surface area contributed by atoms with E-state index >= 15 is 0 Å². The zero-order valence-electron chi connectivity index (χ0n) is 9.95. The number of hydrogen-bond acceptors (Lipinski definition) is 1. The van der Waals surface area contributed by atoms with E-state index in [1.165, 1.54) is 18.5 Å². The zero-order chi connectivity index (χ0) is 11.3. The first-order chi connectivity index (χ1) is 7.24. The Kier molecular flexibility index (Phi) is 4.42. The van der Waals surface area contributed by atoms with Crippen LogP contribution >= 0.6 is 0 Å². The molecule has 1 heterocycles. The van der Waals surface area contributed by atoms with Gasteiger partial charge in [-0.05, 0) is 38.3 Å². The third-order valence-corrected chi connectivity index (χ3v) is 2.94. The van der Waals surface area contributed by atoms with Crippen molar-refractivity contribution in [2.75, 3.05) is 0 Å². The normalized spacial score (nSPS) is 12.4. The molecule has 15 heavy (non-hydrogen) atoms. The van der Waals surface area contributed by atoms with Gasteiger partial charge in [0.25, 0.3) is 0 Å². The molecule has 1 aromatic heterocycles. The molecule has 0 bridgehead atoms. The molecule has 0 aliphatic rings. The molecule has 1 rings (SSSR count). The van der Waals surface area contributed by atoms with Crippen LogP contribution in [0.1, 0.15) is 57.5 Å². The summed E-state index contributed by atoms with van der Waals surface area (Å²) in [5.41, 5.74) is 2.11. The molecule has 0 saturated carbocycles. The Morgan fingerprint density at radius 3 is 2.67 bits per heavy atom. The lowest BCUT2D eigenvalue weighted by atomic mass is 10.2. The summed E-state index contributed by atoms with van der Waals surface area (Å²) >= 11 is 0. The molecular formula is C13H20N2. The molecule has 0 aromatic carbocycles. The summed E-state index contributed by atoms with van der Waals surface area (Å²) in [7, 11) is 0. The minimum absolute atomic E-state index is 0.432. The molecule has 0 unspecified atom stereocenters. The molecule has 2 nitrogen and oxygen atoms in total. The number of nitriles is 1. The first-order valence-corrected chi connectivity index (χ1v) is 5.84. The Bertz CT molecular complexity index is 344. The second kappa shape index (κ2) is 5.60. The van der Waals surface area contributed by atoms with E-state index in [2.05, 4.69) is 37.5 Å². The lowest BCUT2D eigenvalue weighted by Gasteiger charge is -2.16. The molecule has 0 saturated heterocycles. The van der Waals surface area contributed by atoms with Gasteiger partial charge >= 0.3 is 0 Å². The Hall–Kier alpha value is -1.23. The highest BCUT2D eigenvalue weighted by Crippen LogP contribution is 2.20. The average molecular weight is 204 g/mol. The van der Waals surface area contributed by atoms with Crippen LogP contribution in [0.2, 0.25) is 0 Å². The first kappa shape index (κ1) is 11.8. The molecule has 1 aromatic rings. The fourth-order valence-corrected chi connectivity index (χ4v) is 1.85. The van der Waals surface area contributed by atoms with Crippen molar-refractivity contribution in [2.24, 2.45) is 0 Å². The molecule has 1 atom stereocenters. The van der Waals surface area contributed by atoms with Crippen LogP contribution in [0.3, 0.4) is 0 Å². The van der Waals surface area contributed by atoms with E-state index in [1.807, 2.05) is 6.07 Å². The van der Waals surface area contributed by atoms with Crippen molar-refractivity contribution in [2.45, 2.75) is 52.5 Å². The van der Waals surface area contributed by atoms with E-state index in [-0.39, 0.29) is 0 Å². The van der Waals surface area contributed by atoms with Crippen molar-refractivity contribution in [3.8, 4) is 6.07 Å². The van der Waals surface area contributed by atoms with Crippen LogP contribution in [0.4, 0.5) is 0 Å². The molecule has 2 heteroatoms. The summed E-state index contributed by atoms with van der Waals surface area (Å²) in [5, 5.41) is 9.03. The topological polar surface area (TPSA) is 28.7 Å². The lowest BCUT2D eigenvalue weighted by Crippen LogP contribution is -2.10. The fraction of sp³-hybridized carbons (Fsp3) is 0.615. The quantitative estimate of drug-likeness (QED) is 0.719. The smallest absolute Gasteiger partial charge is 0.120 e. The third kappa shape index (κ3) is 2.62. The predicted molar refractivity (Wildman–Crippen MR) is 62.8 cm³/mol. The Morgan fingerprint density at radius 2 is 2.13 bits per heavy atom. The lowest BCUT2D eigenvalue weighted by molar-refractivity contribution is 0.506. The Balaban J connectivity index is 2.96. The summed E-state index contributed by atoms with van der Waals surface area (Å²) in [6, 6.07) is 6.74. The van der Waals surface area contributed by atoms with Gasteiger partial charge in [-0.25, -0.2) is 0 Å². The van der Waals surface area contributed by atoms with Crippen LogP contribution in [0, 0.1) is 11.3 Å². The molecule has 0 radical (unpaired) electrons. The van der Waals surface area contributed by atoms with Crippen LogP contribution in [-0.2, 0) is 6.42 Å². The van der Waals surface area contributed by atoms with Gasteiger partial charge in [-0.1, -0.05) is 20.3 Å². The van der Waals surface area contributed by atoms with Crippen LogP contribution in [0.5, 0.6) is 0 Å². The SMILES string of the molecule is CCCCc1ccc(C#N)n1[C@H](C)CC. The molecule has 0 N–H and O–H groups in total. The van der Waals surface area contributed by atoms with Crippen molar-refractivity contribution in [1.29, 1.82) is 5.26 Å². The van der Waals surface area contributed by atoms with Crippen molar-refractivity contribution >= 4 is 0 Å². The number of nitrogens with zero attached hydrogens (tertiary/aromatic N) is 2. The summed E-state index contributed by atoms with van der Waals surface area (Å²) in [4.78, 5) is 0. The van der Waals surface area contributed by atoms with Crippen LogP contribution in [0.25, 0.3) is 0 Å². The fourth-order valence-electron chi connectivity index (χ4n) is 1.85. The highest BCUT2D eigenvalue weighted by Gasteiger charge is 2.11. The number of aromatic nitrogens is 1. The molecule has 0 aliphatic heterocycles. The van der Waals surface area contributed by atoms with Crippen molar-refractivity contribution in [3.05, 3.63) is 23.5 Å². The Labute approximate surface area is 92.5 Å². The molecule has 0 spiro atoms. The standard InChI is InChI=1S/C13H20N2/c1-4-6-7-12-8-9-13(10-14)15(12)11(3)5-2/h8-9,11H,4-7H2,1-3H3/t11-/m1/s1. The first-order valence-electron chi connectivity index (χ1n) is 5.84. The van der Waals surface area contributed by atoms with Gasteiger partial charge in [0.15, 0.2) is 0 Å². The van der Waals surface area contributed by atoms with E-state index < -0.39 is 0 Å². The van der Waals surface area contributed by atoms with Gasteiger partial charge in [0.1, 0.15) is 11.8 Å². The van der Waals surface area contributed by atoms with E-state index in [4.69, 9.17) is 5.26 Å². The van der Waals surface area contributed by atoms with Crippen molar-refractivity contribution < 1.29 is 0 Å².